The predicted octanol–water partition coefficient (Wildman–Crippen LogP) is 2.80. The Bertz CT molecular complexity index is 754. The van der Waals surface area contributed by atoms with Gasteiger partial charge in [-0.1, -0.05) is 11.6 Å². The van der Waals surface area contributed by atoms with Crippen molar-refractivity contribution < 1.29 is 28.2 Å². The summed E-state index contributed by atoms with van der Waals surface area (Å²) in [6.45, 7) is 5.16. The van der Waals surface area contributed by atoms with Crippen LogP contribution in [0.5, 0.6) is 5.75 Å². The van der Waals surface area contributed by atoms with Gasteiger partial charge in [0, 0.05) is 6.07 Å². The predicted molar refractivity (Wildman–Crippen MR) is 99.9 cm³/mol. The van der Waals surface area contributed by atoms with Crippen LogP contribution < -0.4 is 15.4 Å². The van der Waals surface area contributed by atoms with Gasteiger partial charge in [-0.05, 0) is 45.7 Å². The van der Waals surface area contributed by atoms with Crippen molar-refractivity contribution in [1.29, 1.82) is 0 Å². The number of rotatable bonds is 5. The van der Waals surface area contributed by atoms with Crippen LogP contribution in [0.2, 0.25) is 5.02 Å². The first-order valence-corrected chi connectivity index (χ1v) is 9.51. The van der Waals surface area contributed by atoms with E-state index in [1.165, 1.54) is 12.1 Å². The fraction of sp³-hybridized carbons (Fsp3) is 0.579. The van der Waals surface area contributed by atoms with E-state index in [0.717, 1.165) is 6.07 Å². The topological polar surface area (TPSA) is 85.9 Å². The van der Waals surface area contributed by atoms with Crippen molar-refractivity contribution in [2.45, 2.75) is 63.5 Å². The fourth-order valence-corrected chi connectivity index (χ4v) is 3.50. The molecule has 1 aromatic carbocycles. The van der Waals surface area contributed by atoms with E-state index in [1.807, 2.05) is 0 Å². The molecule has 3 rings (SSSR count). The number of carbonyl (C=O) groups excluding carboxylic acids is 2. The molecule has 0 aliphatic carbocycles. The van der Waals surface area contributed by atoms with Gasteiger partial charge in [0.1, 0.15) is 17.2 Å². The Morgan fingerprint density at radius 2 is 1.86 bits per heavy atom. The van der Waals surface area contributed by atoms with Crippen LogP contribution in [0.3, 0.4) is 0 Å². The van der Waals surface area contributed by atoms with E-state index in [0.29, 0.717) is 12.8 Å². The minimum Gasteiger partial charge on any atom is -0.484 e. The molecule has 2 bridgehead atoms. The van der Waals surface area contributed by atoms with Gasteiger partial charge in [0.2, 0.25) is 0 Å². The third-order valence-corrected chi connectivity index (χ3v) is 4.84. The number of benzene rings is 1. The van der Waals surface area contributed by atoms with Crippen LogP contribution in [0, 0.1) is 5.82 Å². The summed E-state index contributed by atoms with van der Waals surface area (Å²) in [5, 5.41) is 5.68. The van der Waals surface area contributed by atoms with Gasteiger partial charge in [0.15, 0.2) is 6.61 Å². The molecule has 2 saturated heterocycles. The molecule has 0 radical (unpaired) electrons. The monoisotopic (exact) mass is 414 g/mol. The maximum atomic E-state index is 13.4. The lowest BCUT2D eigenvalue weighted by Crippen LogP contribution is -2.50. The minimum atomic E-state index is -0.607. The van der Waals surface area contributed by atoms with Crippen molar-refractivity contribution in [1.82, 2.24) is 10.6 Å². The van der Waals surface area contributed by atoms with Crippen LogP contribution in [0.25, 0.3) is 0 Å². The number of hydrogen-bond donors (Lipinski definition) is 2. The molecule has 0 spiro atoms. The second kappa shape index (κ2) is 8.13. The summed E-state index contributed by atoms with van der Waals surface area (Å²) in [6.07, 6.45) is 0.360. The lowest BCUT2D eigenvalue weighted by atomic mass is 9.91. The van der Waals surface area contributed by atoms with Crippen molar-refractivity contribution in [2.24, 2.45) is 0 Å². The van der Waals surface area contributed by atoms with E-state index in [1.54, 1.807) is 20.8 Å². The minimum absolute atomic E-state index is 0.00882. The largest absolute Gasteiger partial charge is 0.484 e. The van der Waals surface area contributed by atoms with E-state index < -0.39 is 17.5 Å². The Morgan fingerprint density at radius 3 is 2.43 bits per heavy atom. The highest BCUT2D eigenvalue weighted by Crippen LogP contribution is 2.35. The molecule has 4 unspecified atom stereocenters. The van der Waals surface area contributed by atoms with E-state index in [-0.39, 0.29) is 47.6 Å². The Balaban J connectivity index is 1.42. The summed E-state index contributed by atoms with van der Waals surface area (Å²) < 4.78 is 29.8. The third kappa shape index (κ3) is 5.26. The first kappa shape index (κ1) is 20.7. The fourth-order valence-electron chi connectivity index (χ4n) is 3.38. The molecule has 9 heteroatoms. The van der Waals surface area contributed by atoms with Gasteiger partial charge in [0.25, 0.3) is 5.91 Å². The van der Waals surface area contributed by atoms with E-state index in [9.17, 15) is 14.0 Å². The molecule has 4 atom stereocenters. The van der Waals surface area contributed by atoms with Crippen LogP contribution >= 0.6 is 11.6 Å². The molecule has 2 N–H and O–H groups in total. The molecule has 1 aromatic rings. The normalized spacial score (nSPS) is 26.0. The summed E-state index contributed by atoms with van der Waals surface area (Å²) in [6, 6.07) is 3.70. The number of hydrogen-bond acceptors (Lipinski definition) is 5. The zero-order chi connectivity index (χ0) is 20.5. The van der Waals surface area contributed by atoms with Gasteiger partial charge < -0.3 is 24.8 Å². The van der Waals surface area contributed by atoms with E-state index in [2.05, 4.69) is 10.6 Å². The molecule has 2 aliphatic heterocycles. The van der Waals surface area contributed by atoms with Gasteiger partial charge in [-0.3, -0.25) is 4.79 Å². The molecule has 2 fully saturated rings. The summed E-state index contributed by atoms with van der Waals surface area (Å²) in [5.41, 5.74) is -0.563. The first-order chi connectivity index (χ1) is 13.1. The summed E-state index contributed by atoms with van der Waals surface area (Å²) >= 11 is 5.61. The average molecular weight is 415 g/mol. The Kier molecular flexibility index (Phi) is 6.00. The second-order valence-electron chi connectivity index (χ2n) is 7.98. The highest BCUT2D eigenvalue weighted by Gasteiger charge is 2.48. The molecule has 2 amide bonds. The van der Waals surface area contributed by atoms with Crippen molar-refractivity contribution in [2.75, 3.05) is 6.61 Å². The number of carbonyl (C=O) groups is 2. The number of halogens is 2. The van der Waals surface area contributed by atoms with Crippen LogP contribution in [0.15, 0.2) is 18.2 Å². The lowest BCUT2D eigenvalue weighted by molar-refractivity contribution is -0.124. The van der Waals surface area contributed by atoms with Gasteiger partial charge >= 0.3 is 6.09 Å². The average Bonchev–Trinajstić information content (AvgIpc) is 3.14. The smallest absolute Gasteiger partial charge is 0.407 e. The Morgan fingerprint density at radius 1 is 1.21 bits per heavy atom. The van der Waals surface area contributed by atoms with Crippen molar-refractivity contribution in [3.63, 3.8) is 0 Å². The number of ether oxygens (including phenoxy) is 3. The zero-order valence-corrected chi connectivity index (χ0v) is 16.7. The van der Waals surface area contributed by atoms with Crippen molar-refractivity contribution >= 4 is 23.6 Å². The molecule has 2 heterocycles. The van der Waals surface area contributed by atoms with E-state index in [4.69, 9.17) is 25.8 Å². The standard InChI is InChI=1S/C19H24ClFN2O5/c1-19(2,3)28-18(25)23-14-8-15-13(7-16(14)27-15)22-17(24)9-26-10-4-5-11(20)12(21)6-10/h4-6,13-16H,7-9H2,1-3H3,(H,22,24)(H,23,25). The Hall–Kier alpha value is -2.06. The summed E-state index contributed by atoms with van der Waals surface area (Å²) in [7, 11) is 0. The highest BCUT2D eigenvalue weighted by atomic mass is 35.5. The van der Waals surface area contributed by atoms with Crippen molar-refractivity contribution in [3.05, 3.63) is 29.0 Å². The quantitative estimate of drug-likeness (QED) is 0.773. The number of alkyl carbamates (subject to hydrolysis) is 1. The van der Waals surface area contributed by atoms with Crippen LogP contribution in [-0.4, -0.2) is 48.5 Å². The van der Waals surface area contributed by atoms with Crippen LogP contribution in [0.1, 0.15) is 33.6 Å². The molecule has 154 valence electrons. The first-order valence-electron chi connectivity index (χ1n) is 9.13. The highest BCUT2D eigenvalue weighted by molar-refractivity contribution is 6.30. The van der Waals surface area contributed by atoms with Gasteiger partial charge in [-0.15, -0.1) is 0 Å². The van der Waals surface area contributed by atoms with Gasteiger partial charge in [0.05, 0.1) is 29.3 Å². The number of fused-ring (bicyclic) bond motifs is 2. The maximum absolute atomic E-state index is 13.4. The second-order valence-corrected chi connectivity index (χ2v) is 8.38. The third-order valence-electron chi connectivity index (χ3n) is 4.53. The van der Waals surface area contributed by atoms with Gasteiger partial charge in [-0.25, -0.2) is 9.18 Å². The molecular formula is C19H24ClFN2O5. The number of amides is 2. The summed E-state index contributed by atoms with van der Waals surface area (Å²) in [5.74, 6) is -0.708. The molecule has 7 nitrogen and oxygen atoms in total. The van der Waals surface area contributed by atoms with Crippen molar-refractivity contribution in [3.8, 4) is 5.75 Å². The number of nitrogens with one attached hydrogen (secondary N) is 2. The van der Waals surface area contributed by atoms with Crippen LogP contribution in [0.4, 0.5) is 9.18 Å². The van der Waals surface area contributed by atoms with E-state index >= 15 is 0 Å². The maximum Gasteiger partial charge on any atom is 0.407 e. The lowest BCUT2D eigenvalue weighted by Gasteiger charge is -2.27. The van der Waals surface area contributed by atoms with Crippen LogP contribution in [-0.2, 0) is 14.3 Å². The molecular weight excluding hydrogens is 391 g/mol. The molecule has 2 aliphatic rings. The Labute approximate surface area is 167 Å². The SMILES string of the molecule is CC(C)(C)OC(=O)NC1CC2OC1CC2NC(=O)COc1ccc(Cl)c(F)c1. The molecule has 28 heavy (non-hydrogen) atoms. The summed E-state index contributed by atoms with van der Waals surface area (Å²) in [4.78, 5) is 24.0. The molecule has 0 aromatic heterocycles. The van der Waals surface area contributed by atoms with Gasteiger partial charge in [-0.2, -0.15) is 0 Å². The zero-order valence-electron chi connectivity index (χ0n) is 16.0. The molecule has 0 saturated carbocycles.